The third-order valence-corrected chi connectivity index (χ3v) is 13.9. The molecule has 0 radical (unpaired) electrons. The van der Waals surface area contributed by atoms with Crippen molar-refractivity contribution in [1.82, 2.24) is 20.1 Å². The average molecular weight is 639 g/mol. The zero-order valence-corrected chi connectivity index (χ0v) is 27.6. The molecule has 1 fully saturated rings. The van der Waals surface area contributed by atoms with Crippen LogP contribution in [0.15, 0.2) is 24.4 Å². The van der Waals surface area contributed by atoms with Crippen molar-refractivity contribution in [2.24, 2.45) is 0 Å². The largest absolute Gasteiger partial charge is 0.543 e. The van der Waals surface area contributed by atoms with Gasteiger partial charge in [-0.3, -0.25) is 4.55 Å². The third-order valence-electron chi connectivity index (χ3n) is 7.72. The van der Waals surface area contributed by atoms with E-state index in [1.54, 1.807) is 0 Å². The van der Waals surface area contributed by atoms with Crippen LogP contribution in [0.4, 0.5) is 4.79 Å². The molecule has 11 nitrogen and oxygen atoms in total. The highest BCUT2D eigenvalue weighted by Crippen LogP contribution is 2.40. The SMILES string of the molecule is CC(C)(C)[Si](C)(C)Oc1ccc2c(c1)c(-c1cnc(CCOC(=O)NCCCCS(=O)(=O)O)s1)nn2C1CCCCO1. The number of hydrogen-bond donors (Lipinski definition) is 2. The summed E-state index contributed by atoms with van der Waals surface area (Å²) < 4.78 is 50.2. The van der Waals surface area contributed by atoms with Crippen LogP contribution in [-0.4, -0.2) is 67.7 Å². The number of hydrogen-bond acceptors (Lipinski definition) is 9. The first-order valence-electron chi connectivity index (χ1n) is 14.4. The molecule has 1 unspecified atom stereocenters. The van der Waals surface area contributed by atoms with Crippen molar-refractivity contribution >= 4 is 46.8 Å². The maximum absolute atomic E-state index is 12.0. The van der Waals surface area contributed by atoms with Crippen LogP contribution >= 0.6 is 11.3 Å². The predicted molar refractivity (Wildman–Crippen MR) is 166 cm³/mol. The minimum atomic E-state index is -3.99. The molecule has 0 aliphatic carbocycles. The van der Waals surface area contributed by atoms with Gasteiger partial charge in [-0.05, 0) is 68.4 Å². The highest BCUT2D eigenvalue weighted by atomic mass is 32.2. The monoisotopic (exact) mass is 638 g/mol. The number of carbonyl (C=O) groups excluding carboxylic acids is 1. The second kappa shape index (κ2) is 13.4. The highest BCUT2D eigenvalue weighted by Gasteiger charge is 2.39. The van der Waals surface area contributed by atoms with Gasteiger partial charge in [0.15, 0.2) is 6.23 Å². The van der Waals surface area contributed by atoms with Crippen LogP contribution in [-0.2, 0) is 26.0 Å². The van der Waals surface area contributed by atoms with Crippen molar-refractivity contribution < 1.29 is 31.7 Å². The maximum Gasteiger partial charge on any atom is 0.407 e. The van der Waals surface area contributed by atoms with E-state index < -0.39 is 24.5 Å². The molecule has 0 saturated carbocycles. The van der Waals surface area contributed by atoms with E-state index in [4.69, 9.17) is 23.6 Å². The summed E-state index contributed by atoms with van der Waals surface area (Å²) in [6.45, 7) is 12.3. The lowest BCUT2D eigenvalue weighted by Gasteiger charge is -2.36. The third kappa shape index (κ3) is 8.53. The Hall–Kier alpha value is -2.52. The zero-order chi connectivity index (χ0) is 30.5. The van der Waals surface area contributed by atoms with Gasteiger partial charge in [-0.2, -0.15) is 13.5 Å². The lowest BCUT2D eigenvalue weighted by Crippen LogP contribution is -2.43. The molecule has 3 heterocycles. The first-order chi connectivity index (χ1) is 19.7. The number of ether oxygens (including phenoxy) is 2. The summed E-state index contributed by atoms with van der Waals surface area (Å²) in [6, 6.07) is 6.19. The van der Waals surface area contributed by atoms with E-state index >= 15 is 0 Å². The van der Waals surface area contributed by atoms with Crippen LogP contribution in [0.2, 0.25) is 18.1 Å². The van der Waals surface area contributed by atoms with Crippen LogP contribution in [0.1, 0.15) is 64.1 Å². The fourth-order valence-corrected chi connectivity index (χ4v) is 6.86. The fourth-order valence-electron chi connectivity index (χ4n) is 4.37. The number of alkyl carbamates (subject to hydrolysis) is 1. The number of benzene rings is 1. The molecule has 0 spiro atoms. The number of unbranched alkanes of at least 4 members (excludes halogenated alkanes) is 1. The van der Waals surface area contributed by atoms with E-state index in [1.807, 2.05) is 16.9 Å². The smallest absolute Gasteiger partial charge is 0.407 e. The summed E-state index contributed by atoms with van der Waals surface area (Å²) >= 11 is 1.51. The molecule has 1 atom stereocenters. The van der Waals surface area contributed by atoms with E-state index in [1.165, 1.54) is 11.3 Å². The first-order valence-corrected chi connectivity index (χ1v) is 19.7. The van der Waals surface area contributed by atoms with Crippen LogP contribution in [0.5, 0.6) is 5.75 Å². The summed E-state index contributed by atoms with van der Waals surface area (Å²) in [5, 5.41) is 9.48. The topological polar surface area (TPSA) is 142 Å². The van der Waals surface area contributed by atoms with E-state index in [2.05, 4.69) is 56.3 Å². The van der Waals surface area contributed by atoms with Gasteiger partial charge in [0.05, 0.1) is 27.8 Å². The molecule has 0 bridgehead atoms. The van der Waals surface area contributed by atoms with E-state index in [9.17, 15) is 13.2 Å². The second-order valence-corrected chi connectivity index (χ2v) is 19.5. The van der Waals surface area contributed by atoms with Crippen molar-refractivity contribution in [3.05, 3.63) is 29.4 Å². The number of fused-ring (bicyclic) bond motifs is 1. The molecule has 1 saturated heterocycles. The van der Waals surface area contributed by atoms with Gasteiger partial charge in [-0.1, -0.05) is 20.8 Å². The lowest BCUT2D eigenvalue weighted by molar-refractivity contribution is -0.0365. The molecule has 4 rings (SSSR count). The zero-order valence-electron chi connectivity index (χ0n) is 25.0. The van der Waals surface area contributed by atoms with E-state index in [0.29, 0.717) is 12.8 Å². The van der Waals surface area contributed by atoms with Crippen LogP contribution in [0.25, 0.3) is 21.5 Å². The molecular weight excluding hydrogens is 597 g/mol. The Bertz CT molecular complexity index is 1470. The molecule has 2 N–H and O–H groups in total. The number of rotatable bonds is 12. The first kappa shape index (κ1) is 32.4. The van der Waals surface area contributed by atoms with Gasteiger partial charge in [-0.15, -0.1) is 11.3 Å². The number of amides is 1. The minimum Gasteiger partial charge on any atom is -0.543 e. The molecule has 2 aromatic heterocycles. The van der Waals surface area contributed by atoms with Crippen molar-refractivity contribution in [1.29, 1.82) is 0 Å². The summed E-state index contributed by atoms with van der Waals surface area (Å²) in [6.07, 6.45) is 5.29. The predicted octanol–water partition coefficient (Wildman–Crippen LogP) is 6.18. The Labute approximate surface area is 252 Å². The second-order valence-electron chi connectivity index (χ2n) is 12.1. The molecule has 232 valence electrons. The van der Waals surface area contributed by atoms with Gasteiger partial charge in [-0.25, -0.2) is 14.5 Å². The Morgan fingerprint density at radius 1 is 1.26 bits per heavy atom. The normalized spacial score (nSPS) is 16.5. The van der Waals surface area contributed by atoms with Gasteiger partial charge >= 0.3 is 6.09 Å². The summed E-state index contributed by atoms with van der Waals surface area (Å²) in [4.78, 5) is 17.4. The number of nitrogens with zero attached hydrogens (tertiary/aromatic N) is 3. The van der Waals surface area contributed by atoms with Crippen molar-refractivity contribution in [3.8, 4) is 16.3 Å². The molecule has 1 aliphatic heterocycles. The Morgan fingerprint density at radius 2 is 2.05 bits per heavy atom. The van der Waals surface area contributed by atoms with Crippen molar-refractivity contribution in [2.75, 3.05) is 25.5 Å². The van der Waals surface area contributed by atoms with Gasteiger partial charge in [0.1, 0.15) is 11.4 Å². The van der Waals surface area contributed by atoms with Crippen LogP contribution in [0.3, 0.4) is 0 Å². The Balaban J connectivity index is 1.46. The minimum absolute atomic E-state index is 0.0690. The molecule has 1 aromatic carbocycles. The Kier molecular flexibility index (Phi) is 10.3. The molecular formula is C28H42N4O7S2Si. The van der Waals surface area contributed by atoms with E-state index in [-0.39, 0.29) is 36.6 Å². The van der Waals surface area contributed by atoms with Crippen LogP contribution < -0.4 is 9.74 Å². The fraction of sp³-hybridized carbons (Fsp3) is 0.607. The molecule has 1 aliphatic rings. The average Bonchev–Trinajstić information content (AvgIpc) is 3.52. The van der Waals surface area contributed by atoms with Gasteiger partial charge in [0.25, 0.3) is 10.1 Å². The lowest BCUT2D eigenvalue weighted by atomic mass is 10.1. The summed E-state index contributed by atoms with van der Waals surface area (Å²) in [5.41, 5.74) is 1.82. The maximum atomic E-state index is 12.0. The number of carbonyl (C=O) groups is 1. The van der Waals surface area contributed by atoms with Crippen molar-refractivity contribution in [2.45, 2.75) is 83.7 Å². The summed E-state index contributed by atoms with van der Waals surface area (Å²) in [5.74, 6) is 0.504. The number of thiazole rings is 1. The van der Waals surface area contributed by atoms with E-state index in [0.717, 1.165) is 58.1 Å². The summed E-state index contributed by atoms with van der Waals surface area (Å²) in [7, 11) is -6.02. The number of aromatic nitrogens is 3. The van der Waals surface area contributed by atoms with Crippen molar-refractivity contribution in [3.63, 3.8) is 0 Å². The molecule has 3 aromatic rings. The van der Waals surface area contributed by atoms with Gasteiger partial charge in [0, 0.05) is 31.2 Å². The Morgan fingerprint density at radius 3 is 2.74 bits per heavy atom. The quantitative estimate of drug-likeness (QED) is 0.135. The van der Waals surface area contributed by atoms with Gasteiger partial charge < -0.3 is 19.2 Å². The van der Waals surface area contributed by atoms with Crippen LogP contribution in [0, 0.1) is 0 Å². The van der Waals surface area contributed by atoms with Gasteiger partial charge in [0.2, 0.25) is 8.32 Å². The standard InChI is InChI=1S/C28H42N4O7S2Si/c1-28(2,3)42(4,5)39-20-11-12-22-21(18-20)26(31-32(22)25-10-6-8-15-37-25)23-19-30-24(40-23)13-16-38-27(33)29-14-7-9-17-41(34,35)36/h11-12,18-19,25H,6-10,13-17H2,1-5H3,(H,29,33)(H,34,35,36). The number of nitrogens with one attached hydrogen (secondary N) is 1. The molecule has 42 heavy (non-hydrogen) atoms. The molecule has 14 heteroatoms. The molecule has 1 amide bonds. The highest BCUT2D eigenvalue weighted by molar-refractivity contribution is 7.85.